The first-order valence-corrected chi connectivity index (χ1v) is 4.60. The third-order valence-corrected chi connectivity index (χ3v) is 1.96. The largest absolute Gasteiger partial charge is 0.480 e. The molecule has 0 radical (unpaired) electrons. The number of likely N-dealkylation sites (N-methyl/N-ethyl adjacent to an activating group) is 1. The van der Waals surface area contributed by atoms with Gasteiger partial charge in [0.2, 0.25) is 5.91 Å². The SMILES string of the molecule is CCOCC(=O)N(C)C(CC)C(=O)O. The maximum Gasteiger partial charge on any atom is 0.326 e. The maximum atomic E-state index is 11.3. The predicted octanol–water partition coefficient (Wildman–Crippen LogP) is 0.344. The van der Waals surface area contributed by atoms with E-state index in [4.69, 9.17) is 9.84 Å². The van der Waals surface area contributed by atoms with Crippen LogP contribution in [0.25, 0.3) is 0 Å². The first-order chi connectivity index (χ1) is 6.54. The number of amides is 1. The summed E-state index contributed by atoms with van der Waals surface area (Å²) in [7, 11) is 1.48. The van der Waals surface area contributed by atoms with Crippen molar-refractivity contribution in [2.24, 2.45) is 0 Å². The van der Waals surface area contributed by atoms with Gasteiger partial charge in [-0.25, -0.2) is 4.79 Å². The summed E-state index contributed by atoms with van der Waals surface area (Å²) in [5.41, 5.74) is 0. The third kappa shape index (κ3) is 3.74. The zero-order chi connectivity index (χ0) is 11.1. The molecule has 0 aliphatic heterocycles. The second-order valence-corrected chi connectivity index (χ2v) is 2.90. The summed E-state index contributed by atoms with van der Waals surface area (Å²) in [6.45, 7) is 3.89. The number of nitrogens with zero attached hydrogens (tertiary/aromatic N) is 1. The Hall–Kier alpha value is -1.10. The molecule has 0 aromatic heterocycles. The molecular weight excluding hydrogens is 186 g/mol. The molecule has 0 heterocycles. The van der Waals surface area contributed by atoms with Crippen molar-refractivity contribution in [3.05, 3.63) is 0 Å². The van der Waals surface area contributed by atoms with E-state index >= 15 is 0 Å². The zero-order valence-electron chi connectivity index (χ0n) is 8.82. The fourth-order valence-electron chi connectivity index (χ4n) is 1.08. The molecule has 1 N–H and O–H groups in total. The number of carbonyl (C=O) groups is 2. The van der Waals surface area contributed by atoms with Crippen LogP contribution in [0.3, 0.4) is 0 Å². The van der Waals surface area contributed by atoms with Crippen LogP contribution in [-0.4, -0.2) is 48.2 Å². The van der Waals surface area contributed by atoms with Gasteiger partial charge in [0.1, 0.15) is 12.6 Å². The van der Waals surface area contributed by atoms with Crippen LogP contribution < -0.4 is 0 Å². The van der Waals surface area contributed by atoms with E-state index in [1.165, 1.54) is 11.9 Å². The van der Waals surface area contributed by atoms with E-state index in [1.807, 2.05) is 0 Å². The molecule has 5 heteroatoms. The van der Waals surface area contributed by atoms with Gasteiger partial charge in [0.25, 0.3) is 0 Å². The highest BCUT2D eigenvalue weighted by Gasteiger charge is 2.24. The molecule has 14 heavy (non-hydrogen) atoms. The van der Waals surface area contributed by atoms with Crippen LogP contribution in [0.5, 0.6) is 0 Å². The van der Waals surface area contributed by atoms with Crippen molar-refractivity contribution in [1.82, 2.24) is 4.90 Å². The summed E-state index contributed by atoms with van der Waals surface area (Å²) in [4.78, 5) is 23.3. The summed E-state index contributed by atoms with van der Waals surface area (Å²) in [6.07, 6.45) is 0.393. The zero-order valence-corrected chi connectivity index (χ0v) is 8.82. The summed E-state index contributed by atoms with van der Waals surface area (Å²) in [6, 6.07) is -0.761. The minimum atomic E-state index is -0.986. The van der Waals surface area contributed by atoms with E-state index in [2.05, 4.69) is 0 Å². The van der Waals surface area contributed by atoms with Crippen LogP contribution in [0, 0.1) is 0 Å². The Kier molecular flexibility index (Phi) is 5.87. The molecule has 5 nitrogen and oxygen atoms in total. The van der Waals surface area contributed by atoms with E-state index in [9.17, 15) is 9.59 Å². The molecule has 0 saturated carbocycles. The second kappa shape index (κ2) is 6.37. The van der Waals surface area contributed by atoms with Crippen molar-refractivity contribution in [1.29, 1.82) is 0 Å². The molecule has 82 valence electrons. The Morgan fingerprint density at radius 1 is 1.43 bits per heavy atom. The molecule has 0 spiro atoms. The predicted molar refractivity (Wildman–Crippen MR) is 51.0 cm³/mol. The van der Waals surface area contributed by atoms with Crippen LogP contribution in [0.1, 0.15) is 20.3 Å². The van der Waals surface area contributed by atoms with Gasteiger partial charge in [-0.15, -0.1) is 0 Å². The van der Waals surface area contributed by atoms with Crippen molar-refractivity contribution in [2.45, 2.75) is 26.3 Å². The highest BCUT2D eigenvalue weighted by atomic mass is 16.5. The van der Waals surface area contributed by atoms with Crippen LogP contribution in [-0.2, 0) is 14.3 Å². The van der Waals surface area contributed by atoms with Crippen molar-refractivity contribution in [3.63, 3.8) is 0 Å². The Bertz CT molecular complexity index is 205. The van der Waals surface area contributed by atoms with Crippen LogP contribution >= 0.6 is 0 Å². The van der Waals surface area contributed by atoms with Crippen molar-refractivity contribution in [2.75, 3.05) is 20.3 Å². The van der Waals surface area contributed by atoms with E-state index < -0.39 is 12.0 Å². The topological polar surface area (TPSA) is 66.8 Å². The molecule has 0 saturated heterocycles. The fraction of sp³-hybridized carbons (Fsp3) is 0.778. The molecule has 1 unspecified atom stereocenters. The van der Waals surface area contributed by atoms with E-state index in [-0.39, 0.29) is 12.5 Å². The van der Waals surface area contributed by atoms with Crippen LogP contribution in [0.15, 0.2) is 0 Å². The molecule has 1 atom stereocenters. The van der Waals surface area contributed by atoms with Crippen molar-refractivity contribution in [3.8, 4) is 0 Å². The number of ether oxygens (including phenoxy) is 1. The van der Waals surface area contributed by atoms with Gasteiger partial charge in [0.15, 0.2) is 0 Å². The fourth-order valence-corrected chi connectivity index (χ4v) is 1.08. The van der Waals surface area contributed by atoms with Gasteiger partial charge in [0.05, 0.1) is 0 Å². The number of carboxylic acid groups (broad SMARTS) is 1. The van der Waals surface area contributed by atoms with Crippen molar-refractivity contribution >= 4 is 11.9 Å². The van der Waals surface area contributed by atoms with Crippen LogP contribution in [0.4, 0.5) is 0 Å². The summed E-state index contributed by atoms with van der Waals surface area (Å²) < 4.78 is 4.91. The Morgan fingerprint density at radius 2 is 2.00 bits per heavy atom. The first kappa shape index (κ1) is 12.9. The number of carbonyl (C=O) groups excluding carboxylic acids is 1. The van der Waals surface area contributed by atoms with Gasteiger partial charge in [-0.3, -0.25) is 4.79 Å². The number of aliphatic carboxylic acids is 1. The molecular formula is C9H17NO4. The van der Waals surface area contributed by atoms with Crippen LogP contribution in [0.2, 0.25) is 0 Å². The molecule has 0 aromatic carbocycles. The summed E-state index contributed by atoms with van der Waals surface area (Å²) >= 11 is 0. The molecule has 0 aliphatic carbocycles. The third-order valence-electron chi connectivity index (χ3n) is 1.96. The van der Waals surface area contributed by atoms with Gasteiger partial charge in [-0.1, -0.05) is 6.92 Å². The highest BCUT2D eigenvalue weighted by molar-refractivity contribution is 5.84. The lowest BCUT2D eigenvalue weighted by Crippen LogP contribution is -2.43. The molecule has 0 bridgehead atoms. The lowest BCUT2D eigenvalue weighted by atomic mass is 10.2. The molecule has 0 fully saturated rings. The standard InChI is InChI=1S/C9H17NO4/c1-4-7(9(12)13)10(3)8(11)6-14-5-2/h7H,4-6H2,1-3H3,(H,12,13). The quantitative estimate of drug-likeness (QED) is 0.676. The van der Waals surface area contributed by atoms with Gasteiger partial charge in [-0.05, 0) is 13.3 Å². The summed E-state index contributed by atoms with van der Waals surface area (Å²) in [5.74, 6) is -1.29. The molecule has 0 rings (SSSR count). The lowest BCUT2D eigenvalue weighted by Gasteiger charge is -2.23. The Labute approximate surface area is 83.6 Å². The van der Waals surface area contributed by atoms with Gasteiger partial charge < -0.3 is 14.7 Å². The highest BCUT2D eigenvalue weighted by Crippen LogP contribution is 2.02. The van der Waals surface area contributed by atoms with E-state index in [0.717, 1.165) is 0 Å². The van der Waals surface area contributed by atoms with E-state index in [1.54, 1.807) is 13.8 Å². The Balaban J connectivity index is 4.20. The minimum Gasteiger partial charge on any atom is -0.480 e. The normalized spacial score (nSPS) is 12.2. The summed E-state index contributed by atoms with van der Waals surface area (Å²) in [5, 5.41) is 8.78. The molecule has 0 aromatic rings. The van der Waals surface area contributed by atoms with E-state index in [0.29, 0.717) is 13.0 Å². The number of rotatable bonds is 6. The van der Waals surface area contributed by atoms with Gasteiger partial charge in [0, 0.05) is 13.7 Å². The van der Waals surface area contributed by atoms with Gasteiger partial charge in [-0.2, -0.15) is 0 Å². The molecule has 0 aliphatic rings. The number of hydrogen-bond acceptors (Lipinski definition) is 3. The number of hydrogen-bond donors (Lipinski definition) is 1. The average Bonchev–Trinajstić information content (AvgIpc) is 2.14. The second-order valence-electron chi connectivity index (χ2n) is 2.90. The monoisotopic (exact) mass is 203 g/mol. The lowest BCUT2D eigenvalue weighted by molar-refractivity contribution is -0.150. The minimum absolute atomic E-state index is 0.0587. The Morgan fingerprint density at radius 3 is 2.36 bits per heavy atom. The molecule has 1 amide bonds. The number of carboxylic acids is 1. The smallest absolute Gasteiger partial charge is 0.326 e. The van der Waals surface area contributed by atoms with Crippen molar-refractivity contribution < 1.29 is 19.4 Å². The first-order valence-electron chi connectivity index (χ1n) is 4.60. The van der Waals surface area contributed by atoms with Gasteiger partial charge >= 0.3 is 5.97 Å². The maximum absolute atomic E-state index is 11.3. The average molecular weight is 203 g/mol.